The van der Waals surface area contributed by atoms with Crippen LogP contribution in [0.1, 0.15) is 26.7 Å². The fourth-order valence-electron chi connectivity index (χ4n) is 2.44. The van der Waals surface area contributed by atoms with Gasteiger partial charge >= 0.3 is 5.97 Å². The van der Waals surface area contributed by atoms with E-state index >= 15 is 0 Å². The van der Waals surface area contributed by atoms with Crippen LogP contribution < -0.4 is 0 Å². The minimum absolute atomic E-state index is 0.0560. The van der Waals surface area contributed by atoms with Gasteiger partial charge in [-0.25, -0.2) is 4.79 Å². The van der Waals surface area contributed by atoms with Gasteiger partial charge in [-0.15, -0.1) is 11.6 Å². The molecule has 1 unspecified atom stereocenters. The highest BCUT2D eigenvalue weighted by Gasteiger charge is 2.34. The second-order valence-electron chi connectivity index (χ2n) is 5.14. The Morgan fingerprint density at radius 1 is 1.45 bits per heavy atom. The van der Waals surface area contributed by atoms with E-state index in [1.807, 2.05) is 6.92 Å². The summed E-state index contributed by atoms with van der Waals surface area (Å²) in [7, 11) is 1.74. The summed E-state index contributed by atoms with van der Waals surface area (Å²) in [5.74, 6) is -0.0618. The highest BCUT2D eigenvalue weighted by Crippen LogP contribution is 2.37. The number of ketones is 1. The summed E-state index contributed by atoms with van der Waals surface area (Å²) in [5, 5.41) is -0.695. The van der Waals surface area contributed by atoms with E-state index in [1.165, 1.54) is 0 Å². The molecular formula is C16H20ClNO4. The van der Waals surface area contributed by atoms with Crippen molar-refractivity contribution < 1.29 is 19.1 Å². The van der Waals surface area contributed by atoms with E-state index < -0.39 is 11.3 Å². The van der Waals surface area contributed by atoms with Crippen molar-refractivity contribution in [2.24, 2.45) is 0 Å². The molecule has 1 aliphatic carbocycles. The Bertz CT molecular complexity index is 577. The first kappa shape index (κ1) is 16.6. The van der Waals surface area contributed by atoms with Crippen LogP contribution in [0.4, 0.5) is 0 Å². The molecular weight excluding hydrogens is 306 g/mol. The van der Waals surface area contributed by atoms with Gasteiger partial charge in [-0.3, -0.25) is 4.79 Å². The average Bonchev–Trinajstić information content (AvgIpc) is 2.46. The second-order valence-corrected chi connectivity index (χ2v) is 5.61. The number of fused-ring (bicyclic) bond motifs is 1. The molecule has 22 heavy (non-hydrogen) atoms. The summed E-state index contributed by atoms with van der Waals surface area (Å²) in [6, 6.07) is 0. The van der Waals surface area contributed by atoms with Gasteiger partial charge in [0.25, 0.3) is 0 Å². The number of ether oxygens (including phenoxy) is 2. The lowest BCUT2D eigenvalue weighted by molar-refractivity contribution is -0.140. The predicted molar refractivity (Wildman–Crippen MR) is 83.1 cm³/mol. The molecule has 2 aliphatic rings. The Morgan fingerprint density at radius 2 is 2.18 bits per heavy atom. The maximum atomic E-state index is 12.2. The van der Waals surface area contributed by atoms with Crippen LogP contribution in [0.3, 0.4) is 0 Å². The molecule has 1 heterocycles. The molecule has 0 aromatic carbocycles. The summed E-state index contributed by atoms with van der Waals surface area (Å²) in [4.78, 5) is 25.7. The average molecular weight is 326 g/mol. The van der Waals surface area contributed by atoms with E-state index in [0.717, 1.165) is 12.0 Å². The summed E-state index contributed by atoms with van der Waals surface area (Å²) in [6.07, 6.45) is 4.45. The minimum atomic E-state index is -0.695. The quantitative estimate of drug-likeness (QED) is 0.574. The van der Waals surface area contributed by atoms with Gasteiger partial charge in [0.05, 0.1) is 13.2 Å². The Labute approximate surface area is 135 Å². The van der Waals surface area contributed by atoms with Crippen LogP contribution in [-0.4, -0.2) is 42.3 Å². The molecule has 0 spiro atoms. The first-order valence-electron chi connectivity index (χ1n) is 7.36. The number of allylic oxidation sites excluding steroid dienone is 2. The largest absolute Gasteiger partial charge is 0.490 e. The fourth-order valence-corrected chi connectivity index (χ4v) is 2.64. The van der Waals surface area contributed by atoms with Gasteiger partial charge in [0.15, 0.2) is 17.2 Å². The third-order valence-corrected chi connectivity index (χ3v) is 3.78. The van der Waals surface area contributed by atoms with Gasteiger partial charge in [-0.05, 0) is 25.0 Å². The van der Waals surface area contributed by atoms with Crippen molar-refractivity contribution in [1.82, 2.24) is 4.90 Å². The van der Waals surface area contributed by atoms with Crippen molar-refractivity contribution in [3.8, 4) is 0 Å². The van der Waals surface area contributed by atoms with Crippen LogP contribution in [0.25, 0.3) is 0 Å². The summed E-state index contributed by atoms with van der Waals surface area (Å²) < 4.78 is 10.9. The topological polar surface area (TPSA) is 55.8 Å². The number of halogens is 1. The number of hydrogen-bond donors (Lipinski definition) is 0. The lowest BCUT2D eigenvalue weighted by Gasteiger charge is -2.31. The maximum absolute atomic E-state index is 12.2. The van der Waals surface area contributed by atoms with E-state index in [2.05, 4.69) is 0 Å². The van der Waals surface area contributed by atoms with Crippen molar-refractivity contribution in [3.05, 3.63) is 34.9 Å². The second kappa shape index (κ2) is 7.01. The van der Waals surface area contributed by atoms with Gasteiger partial charge in [-0.1, -0.05) is 6.92 Å². The van der Waals surface area contributed by atoms with Crippen molar-refractivity contribution in [3.63, 3.8) is 0 Å². The van der Waals surface area contributed by atoms with E-state index in [4.69, 9.17) is 21.1 Å². The van der Waals surface area contributed by atoms with Crippen molar-refractivity contribution in [2.45, 2.75) is 32.1 Å². The standard InChI is InChI=1S/C16H20ClNO4/c1-4-6-22-15-11-8-12(17)13(19)7-10(11)9-18(3)14(15)16(20)21-5-2/h8-9,12H,4-7H2,1-3H3. The number of likely N-dealkylation sites (N-methyl/N-ethyl adjacent to an activating group) is 1. The summed E-state index contributed by atoms with van der Waals surface area (Å²) in [5.41, 5.74) is 1.86. The minimum Gasteiger partial charge on any atom is -0.490 e. The van der Waals surface area contributed by atoms with Crippen LogP contribution in [0, 0.1) is 0 Å². The predicted octanol–water partition coefficient (Wildman–Crippen LogP) is 2.52. The monoisotopic (exact) mass is 325 g/mol. The van der Waals surface area contributed by atoms with E-state index in [0.29, 0.717) is 23.6 Å². The molecule has 0 saturated carbocycles. The van der Waals surface area contributed by atoms with E-state index in [9.17, 15) is 9.59 Å². The Hall–Kier alpha value is -1.75. The third kappa shape index (κ3) is 3.19. The Morgan fingerprint density at radius 3 is 2.82 bits per heavy atom. The smallest absolute Gasteiger partial charge is 0.358 e. The molecule has 120 valence electrons. The van der Waals surface area contributed by atoms with Crippen LogP contribution in [0.5, 0.6) is 0 Å². The van der Waals surface area contributed by atoms with Crippen LogP contribution in [0.2, 0.25) is 0 Å². The van der Waals surface area contributed by atoms with E-state index in [-0.39, 0.29) is 18.8 Å². The van der Waals surface area contributed by atoms with Crippen LogP contribution >= 0.6 is 11.6 Å². The molecule has 0 saturated heterocycles. The summed E-state index contributed by atoms with van der Waals surface area (Å²) in [6.45, 7) is 4.49. The highest BCUT2D eigenvalue weighted by atomic mass is 35.5. The van der Waals surface area contributed by atoms with Crippen LogP contribution in [0.15, 0.2) is 34.9 Å². The number of carbonyl (C=O) groups excluding carboxylic acids is 2. The number of esters is 1. The number of hydrogen-bond acceptors (Lipinski definition) is 5. The molecule has 0 aromatic rings. The zero-order valence-electron chi connectivity index (χ0n) is 13.0. The van der Waals surface area contributed by atoms with Crippen molar-refractivity contribution in [1.29, 1.82) is 0 Å². The lowest BCUT2D eigenvalue weighted by Crippen LogP contribution is -2.31. The molecule has 0 fully saturated rings. The molecule has 5 nitrogen and oxygen atoms in total. The van der Waals surface area contributed by atoms with Crippen molar-refractivity contribution >= 4 is 23.4 Å². The molecule has 1 atom stereocenters. The van der Waals surface area contributed by atoms with Crippen molar-refractivity contribution in [2.75, 3.05) is 20.3 Å². The molecule has 0 amide bonds. The number of carbonyl (C=O) groups is 2. The zero-order chi connectivity index (χ0) is 16.3. The number of Topliss-reactive ketones (excluding diaryl/α,β-unsaturated/α-hetero) is 1. The Kier molecular flexibility index (Phi) is 5.29. The Balaban J connectivity index is 2.49. The zero-order valence-corrected chi connectivity index (χ0v) is 13.8. The van der Waals surface area contributed by atoms with Gasteiger partial charge in [0, 0.05) is 25.2 Å². The van der Waals surface area contributed by atoms with Gasteiger partial charge < -0.3 is 14.4 Å². The molecule has 0 N–H and O–H groups in total. The number of rotatable bonds is 5. The summed E-state index contributed by atoms with van der Waals surface area (Å²) >= 11 is 6.05. The molecule has 0 radical (unpaired) electrons. The van der Waals surface area contributed by atoms with Gasteiger partial charge in [0.1, 0.15) is 5.38 Å². The maximum Gasteiger partial charge on any atom is 0.358 e. The SMILES string of the molecule is CCCOC1=C(C(=O)OCC)N(C)C=C2CC(=O)C(Cl)C=C21. The normalized spacial score (nSPS) is 21.2. The first-order valence-corrected chi connectivity index (χ1v) is 7.80. The number of nitrogens with zero attached hydrogens (tertiary/aromatic N) is 1. The number of alkyl halides is 1. The lowest BCUT2D eigenvalue weighted by atomic mass is 9.89. The van der Waals surface area contributed by atoms with E-state index in [1.54, 1.807) is 31.1 Å². The van der Waals surface area contributed by atoms with Gasteiger partial charge in [-0.2, -0.15) is 0 Å². The van der Waals surface area contributed by atoms with Crippen LogP contribution in [-0.2, 0) is 19.1 Å². The molecule has 0 bridgehead atoms. The highest BCUT2D eigenvalue weighted by molar-refractivity contribution is 6.33. The fraction of sp³-hybridized carbons (Fsp3) is 0.500. The third-order valence-electron chi connectivity index (χ3n) is 3.41. The van der Waals surface area contributed by atoms with Gasteiger partial charge in [0.2, 0.25) is 0 Å². The molecule has 0 aromatic heterocycles. The first-order chi connectivity index (χ1) is 10.5. The molecule has 2 rings (SSSR count). The molecule has 1 aliphatic heterocycles. The molecule has 6 heteroatoms.